The van der Waals surface area contributed by atoms with Crippen molar-refractivity contribution in [3.8, 4) is 0 Å². The Balaban J connectivity index is 1.85. The summed E-state index contributed by atoms with van der Waals surface area (Å²) in [6, 6.07) is 11.2. The predicted molar refractivity (Wildman–Crippen MR) is 101 cm³/mol. The molecular formula is C18H13Cl2N5O. The molecule has 0 aliphatic carbocycles. The highest BCUT2D eigenvalue weighted by Crippen LogP contribution is 2.27. The Morgan fingerprint density at radius 1 is 1.08 bits per heavy atom. The molecule has 0 saturated carbocycles. The highest BCUT2D eigenvalue weighted by atomic mass is 35.5. The van der Waals surface area contributed by atoms with Crippen molar-refractivity contribution in [1.29, 1.82) is 0 Å². The van der Waals surface area contributed by atoms with Crippen molar-refractivity contribution in [1.82, 2.24) is 24.5 Å². The molecule has 1 atom stereocenters. The first-order valence-corrected chi connectivity index (χ1v) is 8.63. The molecule has 3 heterocycles. The molecule has 0 radical (unpaired) electrons. The number of halogens is 2. The van der Waals surface area contributed by atoms with Crippen LogP contribution >= 0.6 is 23.2 Å². The van der Waals surface area contributed by atoms with Crippen LogP contribution in [0.25, 0.3) is 11.2 Å². The molecule has 4 aromatic rings. The van der Waals surface area contributed by atoms with E-state index in [0.717, 1.165) is 11.1 Å². The van der Waals surface area contributed by atoms with E-state index in [9.17, 15) is 4.79 Å². The molecule has 8 heteroatoms. The van der Waals surface area contributed by atoms with Gasteiger partial charge in [0.2, 0.25) is 0 Å². The average Bonchev–Trinajstić information content (AvgIpc) is 3.06. The minimum Gasteiger partial charge on any atom is -0.311 e. The first-order valence-electron chi connectivity index (χ1n) is 7.88. The summed E-state index contributed by atoms with van der Waals surface area (Å²) in [7, 11) is 0. The zero-order valence-corrected chi connectivity index (χ0v) is 14.9. The summed E-state index contributed by atoms with van der Waals surface area (Å²) < 4.78 is 1.89. The van der Waals surface area contributed by atoms with Crippen molar-refractivity contribution in [2.24, 2.45) is 0 Å². The van der Waals surface area contributed by atoms with Crippen LogP contribution in [-0.4, -0.2) is 24.5 Å². The van der Waals surface area contributed by atoms with Crippen LogP contribution in [0.15, 0.2) is 60.0 Å². The molecule has 6 nitrogen and oxygen atoms in total. The zero-order valence-electron chi connectivity index (χ0n) is 13.4. The Morgan fingerprint density at radius 2 is 1.88 bits per heavy atom. The summed E-state index contributed by atoms with van der Waals surface area (Å²) in [6.45, 7) is 0. The van der Waals surface area contributed by atoms with Crippen molar-refractivity contribution in [2.75, 3.05) is 0 Å². The second kappa shape index (κ2) is 6.90. The molecule has 0 bridgehead atoms. The van der Waals surface area contributed by atoms with E-state index in [-0.39, 0.29) is 11.6 Å². The molecular weight excluding hydrogens is 373 g/mol. The maximum absolute atomic E-state index is 12.0. The molecule has 4 rings (SSSR count). The number of rotatable bonds is 4. The normalized spacial score (nSPS) is 12.4. The van der Waals surface area contributed by atoms with Gasteiger partial charge in [-0.2, -0.15) is 0 Å². The number of fused-ring (bicyclic) bond motifs is 1. The number of nitrogens with zero attached hydrogens (tertiary/aromatic N) is 4. The zero-order chi connectivity index (χ0) is 18.1. The van der Waals surface area contributed by atoms with E-state index in [4.69, 9.17) is 23.2 Å². The van der Waals surface area contributed by atoms with Gasteiger partial charge in [0.05, 0.1) is 18.7 Å². The van der Waals surface area contributed by atoms with E-state index in [1.54, 1.807) is 12.5 Å². The molecule has 0 fully saturated rings. The smallest absolute Gasteiger partial charge is 0.278 e. The molecule has 1 unspecified atom stereocenters. The van der Waals surface area contributed by atoms with Gasteiger partial charge in [0.15, 0.2) is 11.2 Å². The fourth-order valence-corrected chi connectivity index (χ4v) is 3.27. The van der Waals surface area contributed by atoms with Crippen molar-refractivity contribution >= 4 is 34.4 Å². The van der Waals surface area contributed by atoms with Crippen LogP contribution in [0.3, 0.4) is 0 Å². The predicted octanol–water partition coefficient (Wildman–Crippen LogP) is 3.65. The molecule has 1 N–H and O–H groups in total. The topological polar surface area (TPSA) is 76.5 Å². The van der Waals surface area contributed by atoms with Crippen molar-refractivity contribution in [2.45, 2.75) is 12.5 Å². The maximum Gasteiger partial charge on any atom is 0.278 e. The number of aromatic amines is 1. The maximum atomic E-state index is 12.0. The van der Waals surface area contributed by atoms with Gasteiger partial charge in [-0.1, -0.05) is 35.3 Å². The number of H-pyrrole nitrogens is 1. The first kappa shape index (κ1) is 16.8. The van der Waals surface area contributed by atoms with Gasteiger partial charge in [0.1, 0.15) is 5.15 Å². The standard InChI is InChI=1S/C18H13Cl2N5O/c19-13-3-1-12(2-4-13)14(7-11-5-6-21-15(20)8-11)25-10-24-16-17(25)22-9-23-18(16)26/h1-6,8-10,14H,7H2,(H,22,23,26). The number of hydrogen-bond acceptors (Lipinski definition) is 4. The van der Waals surface area contributed by atoms with E-state index >= 15 is 0 Å². The fraction of sp³-hybridized carbons (Fsp3) is 0.111. The monoisotopic (exact) mass is 385 g/mol. The van der Waals surface area contributed by atoms with E-state index in [2.05, 4.69) is 19.9 Å². The highest BCUT2D eigenvalue weighted by Gasteiger charge is 2.19. The van der Waals surface area contributed by atoms with Crippen LogP contribution in [0.1, 0.15) is 17.2 Å². The molecule has 0 saturated heterocycles. The van der Waals surface area contributed by atoms with Crippen LogP contribution < -0.4 is 5.56 Å². The van der Waals surface area contributed by atoms with Crippen LogP contribution in [0, 0.1) is 0 Å². The van der Waals surface area contributed by atoms with E-state index < -0.39 is 0 Å². The SMILES string of the molecule is O=c1[nH]cnc2c1ncn2C(Cc1ccnc(Cl)c1)c1ccc(Cl)cc1. The van der Waals surface area contributed by atoms with Gasteiger partial charge in [-0.3, -0.25) is 4.79 Å². The summed E-state index contributed by atoms with van der Waals surface area (Å²) in [5, 5.41) is 1.09. The van der Waals surface area contributed by atoms with E-state index in [0.29, 0.717) is 27.8 Å². The molecule has 130 valence electrons. The van der Waals surface area contributed by atoms with Gasteiger partial charge in [-0.15, -0.1) is 0 Å². The molecule has 0 spiro atoms. The second-order valence-corrected chi connectivity index (χ2v) is 6.64. The van der Waals surface area contributed by atoms with Gasteiger partial charge >= 0.3 is 0 Å². The lowest BCUT2D eigenvalue weighted by atomic mass is 9.99. The molecule has 26 heavy (non-hydrogen) atoms. The number of imidazole rings is 1. The quantitative estimate of drug-likeness (QED) is 0.543. The third kappa shape index (κ3) is 3.21. The summed E-state index contributed by atoms with van der Waals surface area (Å²) in [5.41, 5.74) is 2.59. The van der Waals surface area contributed by atoms with Crippen LogP contribution in [0.4, 0.5) is 0 Å². The minimum atomic E-state index is -0.268. The first-order chi connectivity index (χ1) is 12.6. The molecule has 0 aliphatic rings. The lowest BCUT2D eigenvalue weighted by molar-refractivity contribution is 0.592. The van der Waals surface area contributed by atoms with E-state index in [1.807, 2.05) is 41.0 Å². The Labute approximate surface area is 158 Å². The number of benzene rings is 1. The van der Waals surface area contributed by atoms with Crippen molar-refractivity contribution in [3.63, 3.8) is 0 Å². The molecule has 0 amide bonds. The van der Waals surface area contributed by atoms with Crippen LogP contribution in [-0.2, 0) is 6.42 Å². The highest BCUT2D eigenvalue weighted by molar-refractivity contribution is 6.30. The Hall–Kier alpha value is -2.70. The van der Waals surface area contributed by atoms with E-state index in [1.165, 1.54) is 6.33 Å². The average molecular weight is 386 g/mol. The number of pyridine rings is 1. The van der Waals surface area contributed by atoms with Crippen LogP contribution in [0.2, 0.25) is 10.2 Å². The van der Waals surface area contributed by atoms with Gasteiger partial charge in [0.25, 0.3) is 5.56 Å². The van der Waals surface area contributed by atoms with Gasteiger partial charge < -0.3 is 9.55 Å². The molecule has 0 aliphatic heterocycles. The van der Waals surface area contributed by atoms with Crippen molar-refractivity contribution in [3.05, 3.63) is 86.9 Å². The fourth-order valence-electron chi connectivity index (χ4n) is 2.95. The summed E-state index contributed by atoms with van der Waals surface area (Å²) >= 11 is 12.1. The lowest BCUT2D eigenvalue weighted by Gasteiger charge is -2.20. The largest absolute Gasteiger partial charge is 0.311 e. The summed E-state index contributed by atoms with van der Waals surface area (Å²) in [4.78, 5) is 27.1. The third-order valence-electron chi connectivity index (χ3n) is 4.18. The van der Waals surface area contributed by atoms with Crippen LogP contribution in [0.5, 0.6) is 0 Å². The third-order valence-corrected chi connectivity index (χ3v) is 4.63. The number of aromatic nitrogens is 5. The summed E-state index contributed by atoms with van der Waals surface area (Å²) in [6.07, 6.45) is 5.31. The molecule has 1 aromatic carbocycles. The molecule has 3 aromatic heterocycles. The Morgan fingerprint density at radius 3 is 2.65 bits per heavy atom. The Bertz CT molecular complexity index is 1120. The van der Waals surface area contributed by atoms with Gasteiger partial charge in [-0.05, 0) is 41.8 Å². The van der Waals surface area contributed by atoms with Crippen molar-refractivity contribution < 1.29 is 0 Å². The number of hydrogen-bond donors (Lipinski definition) is 1. The minimum absolute atomic E-state index is 0.134. The Kier molecular flexibility index (Phi) is 4.44. The van der Waals surface area contributed by atoms with Gasteiger partial charge in [-0.25, -0.2) is 15.0 Å². The van der Waals surface area contributed by atoms with Gasteiger partial charge in [0, 0.05) is 11.2 Å². The summed E-state index contributed by atoms with van der Waals surface area (Å²) in [5.74, 6) is 0. The number of nitrogens with one attached hydrogen (secondary N) is 1. The lowest BCUT2D eigenvalue weighted by Crippen LogP contribution is -2.15. The second-order valence-electron chi connectivity index (χ2n) is 5.81.